The summed E-state index contributed by atoms with van der Waals surface area (Å²) in [7, 11) is 0. The highest BCUT2D eigenvalue weighted by molar-refractivity contribution is 5.54. The van der Waals surface area contributed by atoms with Gasteiger partial charge in [-0.1, -0.05) is 0 Å². The minimum atomic E-state index is -2.90. The first-order valence-electron chi connectivity index (χ1n) is 7.05. The van der Waals surface area contributed by atoms with E-state index in [0.29, 0.717) is 11.6 Å². The Bertz CT molecular complexity index is 614. The fourth-order valence-corrected chi connectivity index (χ4v) is 2.35. The second-order valence-corrected chi connectivity index (χ2v) is 4.93. The van der Waals surface area contributed by atoms with Crippen molar-refractivity contribution in [2.75, 3.05) is 23.3 Å². The predicted molar refractivity (Wildman–Crippen MR) is 76.6 cm³/mol. The molecule has 1 aliphatic rings. The van der Waals surface area contributed by atoms with E-state index in [9.17, 15) is 8.78 Å². The van der Waals surface area contributed by atoms with Crippen LogP contribution in [0.4, 0.5) is 26.2 Å². The summed E-state index contributed by atoms with van der Waals surface area (Å²) < 4.78 is 28.4. The predicted octanol–water partition coefficient (Wildman–Crippen LogP) is 2.53. The normalized spacial score (nSPS) is 15.1. The smallest absolute Gasteiger partial charge is 0.388 e. The molecule has 0 atom stereocenters. The quantitative estimate of drug-likeness (QED) is 0.883. The number of hydrogen-bond acceptors (Lipinski definition) is 6. The minimum absolute atomic E-state index is 0.183. The van der Waals surface area contributed by atoms with Crippen LogP contribution in [-0.4, -0.2) is 39.9 Å². The van der Waals surface area contributed by atoms with Crippen molar-refractivity contribution in [1.82, 2.24) is 20.2 Å². The molecule has 0 aliphatic carbocycles. The van der Waals surface area contributed by atoms with Crippen LogP contribution in [0, 0.1) is 0 Å². The van der Waals surface area contributed by atoms with Crippen molar-refractivity contribution in [3.05, 3.63) is 18.5 Å². The monoisotopic (exact) mass is 310 g/mol. The van der Waals surface area contributed by atoms with Crippen LogP contribution in [-0.2, 0) is 0 Å². The van der Waals surface area contributed by atoms with Gasteiger partial charge in [0.15, 0.2) is 5.82 Å². The van der Waals surface area contributed by atoms with E-state index >= 15 is 0 Å². The van der Waals surface area contributed by atoms with Gasteiger partial charge in [-0.3, -0.25) is 10.1 Å². The summed E-state index contributed by atoms with van der Waals surface area (Å²) in [5, 5.41) is 9.11. The molecule has 3 rings (SSSR count). The van der Waals surface area contributed by atoms with Crippen molar-refractivity contribution in [2.45, 2.75) is 25.9 Å². The van der Waals surface area contributed by atoms with E-state index in [4.69, 9.17) is 0 Å². The number of anilines is 3. The lowest BCUT2D eigenvalue weighted by Gasteiger charge is -2.27. The Labute approximate surface area is 125 Å². The number of nitrogens with one attached hydrogen (secondary N) is 2. The third-order valence-electron chi connectivity index (χ3n) is 3.33. The number of nitrogens with zero attached hydrogens (tertiary/aromatic N) is 4. The molecule has 0 spiro atoms. The van der Waals surface area contributed by atoms with Gasteiger partial charge in [-0.2, -0.15) is 8.78 Å². The number of H-pyrrole nitrogens is 1. The molecule has 2 aromatic rings. The van der Waals surface area contributed by atoms with Gasteiger partial charge >= 0.3 is 6.61 Å². The second-order valence-electron chi connectivity index (χ2n) is 4.93. The van der Waals surface area contributed by atoms with Crippen LogP contribution in [0.1, 0.15) is 19.3 Å². The zero-order valence-electron chi connectivity index (χ0n) is 11.8. The van der Waals surface area contributed by atoms with Crippen molar-refractivity contribution in [3.8, 4) is 5.88 Å². The average Bonchev–Trinajstić information content (AvgIpc) is 2.94. The van der Waals surface area contributed by atoms with Crippen molar-refractivity contribution in [2.24, 2.45) is 0 Å². The third-order valence-corrected chi connectivity index (χ3v) is 3.33. The van der Waals surface area contributed by atoms with Crippen molar-refractivity contribution >= 4 is 17.5 Å². The number of piperidine rings is 1. The number of ether oxygens (including phenoxy) is 1. The highest BCUT2D eigenvalue weighted by Gasteiger charge is 2.13. The van der Waals surface area contributed by atoms with Gasteiger partial charge in [0.1, 0.15) is 11.6 Å². The first-order valence-corrected chi connectivity index (χ1v) is 7.05. The van der Waals surface area contributed by atoms with E-state index in [-0.39, 0.29) is 5.88 Å². The second kappa shape index (κ2) is 6.54. The fraction of sp³-hybridized carbons (Fsp3) is 0.462. The van der Waals surface area contributed by atoms with E-state index in [0.717, 1.165) is 31.7 Å². The lowest BCUT2D eigenvalue weighted by molar-refractivity contribution is -0.0528. The molecule has 1 fully saturated rings. The Morgan fingerprint density at radius 1 is 1.23 bits per heavy atom. The first kappa shape index (κ1) is 14.5. The lowest BCUT2D eigenvalue weighted by Crippen LogP contribution is -2.30. The summed E-state index contributed by atoms with van der Waals surface area (Å²) in [4.78, 5) is 10.8. The highest BCUT2D eigenvalue weighted by Crippen LogP contribution is 2.21. The Balaban J connectivity index is 1.68. The summed E-state index contributed by atoms with van der Waals surface area (Å²) in [5.74, 6) is 1.53. The number of alkyl halides is 2. The maximum atomic E-state index is 12.1. The standard InChI is InChI=1S/C13H16F2N6O/c14-13(15)22-12-6-9(19-20-12)17-10-7-16-8-11(18-10)21-4-2-1-3-5-21/h6-8,13H,1-5H2,(H2,17,18,19,20). The summed E-state index contributed by atoms with van der Waals surface area (Å²) in [6, 6.07) is 1.33. The number of halogens is 2. The van der Waals surface area contributed by atoms with Gasteiger partial charge in [0.2, 0.25) is 5.88 Å². The largest absolute Gasteiger partial charge is 0.415 e. The van der Waals surface area contributed by atoms with Gasteiger partial charge in [-0.05, 0) is 19.3 Å². The molecule has 0 amide bonds. The van der Waals surface area contributed by atoms with Crippen LogP contribution in [0.15, 0.2) is 18.5 Å². The van der Waals surface area contributed by atoms with Crippen molar-refractivity contribution in [1.29, 1.82) is 0 Å². The van der Waals surface area contributed by atoms with Crippen LogP contribution < -0.4 is 15.0 Å². The zero-order valence-corrected chi connectivity index (χ0v) is 11.8. The number of hydrogen-bond donors (Lipinski definition) is 2. The molecular formula is C13H16F2N6O. The summed E-state index contributed by atoms with van der Waals surface area (Å²) in [6.07, 6.45) is 6.81. The van der Waals surface area contributed by atoms with Gasteiger partial charge in [-0.25, -0.2) is 4.98 Å². The molecule has 7 nitrogen and oxygen atoms in total. The molecule has 0 bridgehead atoms. The van der Waals surface area contributed by atoms with E-state index in [2.05, 4.69) is 35.1 Å². The molecule has 2 N–H and O–H groups in total. The molecular weight excluding hydrogens is 294 g/mol. The molecule has 0 aromatic carbocycles. The Morgan fingerprint density at radius 3 is 2.82 bits per heavy atom. The van der Waals surface area contributed by atoms with Crippen LogP contribution in [0.2, 0.25) is 0 Å². The van der Waals surface area contributed by atoms with Crippen LogP contribution in [0.25, 0.3) is 0 Å². The fourth-order valence-electron chi connectivity index (χ4n) is 2.35. The maximum absolute atomic E-state index is 12.1. The van der Waals surface area contributed by atoms with E-state index < -0.39 is 6.61 Å². The van der Waals surface area contributed by atoms with Crippen LogP contribution >= 0.6 is 0 Å². The maximum Gasteiger partial charge on any atom is 0.388 e. The number of aromatic amines is 1. The Hall–Kier alpha value is -2.45. The topological polar surface area (TPSA) is 79.0 Å². The van der Waals surface area contributed by atoms with Crippen molar-refractivity contribution < 1.29 is 13.5 Å². The number of aromatic nitrogens is 4. The molecule has 22 heavy (non-hydrogen) atoms. The highest BCUT2D eigenvalue weighted by atomic mass is 19.3. The zero-order chi connectivity index (χ0) is 15.4. The van der Waals surface area contributed by atoms with Crippen molar-refractivity contribution in [3.63, 3.8) is 0 Å². The van der Waals surface area contributed by atoms with Gasteiger partial charge in [-0.15, -0.1) is 5.10 Å². The minimum Gasteiger partial charge on any atom is -0.415 e. The van der Waals surface area contributed by atoms with E-state index in [1.54, 1.807) is 12.4 Å². The molecule has 118 valence electrons. The molecule has 9 heteroatoms. The lowest BCUT2D eigenvalue weighted by atomic mass is 10.1. The molecule has 0 unspecified atom stereocenters. The molecule has 0 radical (unpaired) electrons. The van der Waals surface area contributed by atoms with Gasteiger partial charge in [0.05, 0.1) is 12.4 Å². The summed E-state index contributed by atoms with van der Waals surface area (Å²) in [6.45, 7) is -0.971. The molecule has 3 heterocycles. The first-order chi connectivity index (χ1) is 10.7. The molecule has 1 aliphatic heterocycles. The van der Waals surface area contributed by atoms with E-state index in [1.807, 2.05) is 0 Å². The third kappa shape index (κ3) is 3.60. The van der Waals surface area contributed by atoms with Gasteiger partial charge in [0, 0.05) is 19.2 Å². The Morgan fingerprint density at radius 2 is 2.05 bits per heavy atom. The summed E-state index contributed by atoms with van der Waals surface area (Å²) >= 11 is 0. The van der Waals surface area contributed by atoms with Crippen LogP contribution in [0.3, 0.4) is 0 Å². The molecule has 2 aromatic heterocycles. The van der Waals surface area contributed by atoms with Crippen LogP contribution in [0.5, 0.6) is 5.88 Å². The summed E-state index contributed by atoms with van der Waals surface area (Å²) in [5.41, 5.74) is 0. The van der Waals surface area contributed by atoms with Gasteiger partial charge in [0.25, 0.3) is 0 Å². The Kier molecular flexibility index (Phi) is 4.31. The molecule has 0 saturated carbocycles. The number of rotatable bonds is 5. The van der Waals surface area contributed by atoms with E-state index in [1.165, 1.54) is 12.5 Å². The van der Waals surface area contributed by atoms with Gasteiger partial charge < -0.3 is 15.0 Å². The average molecular weight is 310 g/mol. The SMILES string of the molecule is FC(F)Oc1cc(Nc2cncc(N3CCCCC3)n2)[nH]n1. The molecule has 1 saturated heterocycles.